The summed E-state index contributed by atoms with van der Waals surface area (Å²) in [6, 6.07) is 1.95. The maximum Gasteiger partial charge on any atom is 0.274 e. The summed E-state index contributed by atoms with van der Waals surface area (Å²) in [5, 5.41) is 4.43. The molecule has 0 aliphatic carbocycles. The zero-order valence-corrected chi connectivity index (χ0v) is 10.2. The molecule has 17 heavy (non-hydrogen) atoms. The van der Waals surface area contributed by atoms with Gasteiger partial charge in [0.15, 0.2) is 5.69 Å². The highest BCUT2D eigenvalue weighted by atomic mass is 16.2. The molecule has 2 aliphatic rings. The molecule has 0 N–H and O–H groups in total. The zero-order chi connectivity index (χ0) is 11.8. The number of carbonyl (C=O) groups excluding carboxylic acids is 1. The zero-order valence-electron chi connectivity index (χ0n) is 10.2. The van der Waals surface area contributed by atoms with Crippen LogP contribution >= 0.6 is 0 Å². The Morgan fingerprint density at radius 3 is 2.76 bits per heavy atom. The maximum absolute atomic E-state index is 12.2. The monoisotopic (exact) mass is 234 g/mol. The average molecular weight is 234 g/mol. The summed E-state index contributed by atoms with van der Waals surface area (Å²) in [5.74, 6) is 0.104. The van der Waals surface area contributed by atoms with E-state index in [0.717, 1.165) is 51.3 Å². The molecule has 0 atom stereocenters. The highest BCUT2D eigenvalue weighted by Crippen LogP contribution is 2.16. The molecule has 0 saturated carbocycles. The predicted molar refractivity (Wildman–Crippen MR) is 63.7 cm³/mol. The standard InChI is InChI=1S/C12H18N4O/c1-14-6-7-16-10(9-14)8-11(13-16)12(17)15-4-2-3-5-15/h8H,2-7,9H2,1H3. The lowest BCUT2D eigenvalue weighted by molar-refractivity contribution is 0.0786. The molecule has 0 aromatic carbocycles. The first-order chi connectivity index (χ1) is 8.24. The number of nitrogens with zero attached hydrogens (tertiary/aromatic N) is 4. The van der Waals surface area contributed by atoms with Crippen LogP contribution < -0.4 is 0 Å². The Labute approximate surface area is 101 Å². The van der Waals surface area contributed by atoms with E-state index in [-0.39, 0.29) is 5.91 Å². The molecule has 5 heteroatoms. The smallest absolute Gasteiger partial charge is 0.274 e. The van der Waals surface area contributed by atoms with Gasteiger partial charge in [0.25, 0.3) is 5.91 Å². The number of likely N-dealkylation sites (N-methyl/N-ethyl adjacent to an activating group) is 1. The third kappa shape index (κ3) is 1.95. The van der Waals surface area contributed by atoms with Crippen molar-refractivity contribution < 1.29 is 4.79 Å². The second-order valence-corrected chi connectivity index (χ2v) is 4.98. The molecule has 1 amide bonds. The summed E-state index contributed by atoms with van der Waals surface area (Å²) in [5.41, 5.74) is 1.78. The molecule has 1 aromatic heterocycles. The van der Waals surface area contributed by atoms with Gasteiger partial charge in [0.2, 0.25) is 0 Å². The summed E-state index contributed by atoms with van der Waals surface area (Å²) in [6.45, 7) is 4.56. The minimum absolute atomic E-state index is 0.104. The van der Waals surface area contributed by atoms with Crippen LogP contribution in [0.3, 0.4) is 0 Å². The molecule has 0 radical (unpaired) electrons. The molecular weight excluding hydrogens is 216 g/mol. The second kappa shape index (κ2) is 4.14. The van der Waals surface area contributed by atoms with Gasteiger partial charge in [0.05, 0.1) is 12.2 Å². The number of amides is 1. The molecule has 5 nitrogen and oxygen atoms in total. The van der Waals surface area contributed by atoms with Crippen molar-refractivity contribution in [2.45, 2.75) is 25.9 Å². The van der Waals surface area contributed by atoms with E-state index in [1.165, 1.54) is 0 Å². The van der Waals surface area contributed by atoms with Gasteiger partial charge >= 0.3 is 0 Å². The van der Waals surface area contributed by atoms with E-state index >= 15 is 0 Å². The summed E-state index contributed by atoms with van der Waals surface area (Å²) in [4.78, 5) is 16.3. The van der Waals surface area contributed by atoms with Crippen LogP contribution in [0.15, 0.2) is 6.07 Å². The summed E-state index contributed by atoms with van der Waals surface area (Å²) in [6.07, 6.45) is 2.25. The SMILES string of the molecule is CN1CCn2nc(C(=O)N3CCCC3)cc2C1. The van der Waals surface area contributed by atoms with E-state index in [4.69, 9.17) is 0 Å². The Bertz CT molecular complexity index is 434. The van der Waals surface area contributed by atoms with E-state index in [1.54, 1.807) is 0 Å². The van der Waals surface area contributed by atoms with Gasteiger partial charge in [-0.1, -0.05) is 0 Å². The van der Waals surface area contributed by atoms with Crippen LogP contribution in [-0.2, 0) is 13.1 Å². The Morgan fingerprint density at radius 1 is 1.24 bits per heavy atom. The molecule has 92 valence electrons. The molecule has 3 rings (SSSR count). The van der Waals surface area contributed by atoms with Crippen LogP contribution in [0, 0.1) is 0 Å². The van der Waals surface area contributed by atoms with Gasteiger partial charge in [-0.3, -0.25) is 14.4 Å². The fourth-order valence-corrected chi connectivity index (χ4v) is 2.58. The lowest BCUT2D eigenvalue weighted by Gasteiger charge is -2.22. The molecule has 3 heterocycles. The first kappa shape index (κ1) is 10.8. The van der Waals surface area contributed by atoms with Crippen LogP contribution in [0.4, 0.5) is 0 Å². The largest absolute Gasteiger partial charge is 0.337 e. The van der Waals surface area contributed by atoms with Crippen LogP contribution in [0.2, 0.25) is 0 Å². The molecule has 0 unspecified atom stereocenters. The first-order valence-electron chi connectivity index (χ1n) is 6.28. The normalized spacial score (nSPS) is 20.6. The Hall–Kier alpha value is -1.36. The maximum atomic E-state index is 12.2. The van der Waals surface area contributed by atoms with Crippen molar-refractivity contribution >= 4 is 5.91 Å². The lowest BCUT2D eigenvalue weighted by Crippen LogP contribution is -2.30. The van der Waals surface area contributed by atoms with E-state index in [1.807, 2.05) is 15.6 Å². The number of likely N-dealkylation sites (tertiary alicyclic amines) is 1. The molecule has 0 bridgehead atoms. The summed E-state index contributed by atoms with van der Waals surface area (Å²) < 4.78 is 1.98. The quantitative estimate of drug-likeness (QED) is 0.713. The third-order valence-electron chi connectivity index (χ3n) is 3.60. The van der Waals surface area contributed by atoms with Gasteiger partial charge in [-0.15, -0.1) is 0 Å². The summed E-state index contributed by atoms with van der Waals surface area (Å²) >= 11 is 0. The first-order valence-corrected chi connectivity index (χ1v) is 6.28. The van der Waals surface area contributed by atoms with Gasteiger partial charge in [0, 0.05) is 26.2 Å². The van der Waals surface area contributed by atoms with Crippen LogP contribution in [0.5, 0.6) is 0 Å². The molecule has 1 fully saturated rings. The third-order valence-corrected chi connectivity index (χ3v) is 3.60. The Morgan fingerprint density at radius 2 is 2.00 bits per heavy atom. The van der Waals surface area contributed by atoms with Crippen molar-refractivity contribution in [2.75, 3.05) is 26.7 Å². The van der Waals surface area contributed by atoms with E-state index in [2.05, 4.69) is 17.0 Å². The predicted octanol–water partition coefficient (Wildman–Crippen LogP) is 0.564. The van der Waals surface area contributed by atoms with E-state index < -0.39 is 0 Å². The van der Waals surface area contributed by atoms with Gasteiger partial charge in [-0.2, -0.15) is 5.10 Å². The molecule has 2 aliphatic heterocycles. The van der Waals surface area contributed by atoms with Crippen LogP contribution in [0.1, 0.15) is 29.0 Å². The van der Waals surface area contributed by atoms with Gasteiger partial charge < -0.3 is 4.90 Å². The topological polar surface area (TPSA) is 41.4 Å². The van der Waals surface area contributed by atoms with Crippen molar-refractivity contribution in [3.8, 4) is 0 Å². The van der Waals surface area contributed by atoms with Crippen LogP contribution in [0.25, 0.3) is 0 Å². The van der Waals surface area contributed by atoms with Gasteiger partial charge in [-0.25, -0.2) is 0 Å². The molecular formula is C12H18N4O. The van der Waals surface area contributed by atoms with Crippen molar-refractivity contribution in [3.63, 3.8) is 0 Å². The van der Waals surface area contributed by atoms with Crippen LogP contribution in [-0.4, -0.2) is 52.2 Å². The van der Waals surface area contributed by atoms with Crippen molar-refractivity contribution in [2.24, 2.45) is 0 Å². The number of hydrogen-bond donors (Lipinski definition) is 0. The minimum Gasteiger partial charge on any atom is -0.337 e. The van der Waals surface area contributed by atoms with Gasteiger partial charge in [-0.05, 0) is 26.0 Å². The number of fused-ring (bicyclic) bond motifs is 1. The number of carbonyl (C=O) groups is 1. The fraction of sp³-hybridized carbons (Fsp3) is 0.667. The summed E-state index contributed by atoms with van der Waals surface area (Å²) in [7, 11) is 2.10. The van der Waals surface area contributed by atoms with Crippen molar-refractivity contribution in [1.29, 1.82) is 0 Å². The average Bonchev–Trinajstić information content (AvgIpc) is 2.96. The highest BCUT2D eigenvalue weighted by molar-refractivity contribution is 5.92. The van der Waals surface area contributed by atoms with Crippen molar-refractivity contribution in [1.82, 2.24) is 19.6 Å². The second-order valence-electron chi connectivity index (χ2n) is 4.98. The van der Waals surface area contributed by atoms with E-state index in [9.17, 15) is 4.79 Å². The van der Waals surface area contributed by atoms with Crippen molar-refractivity contribution in [3.05, 3.63) is 17.5 Å². The highest BCUT2D eigenvalue weighted by Gasteiger charge is 2.24. The molecule has 1 saturated heterocycles. The Kier molecular flexibility index (Phi) is 2.63. The molecule has 0 spiro atoms. The minimum atomic E-state index is 0.104. The van der Waals surface area contributed by atoms with Gasteiger partial charge in [0.1, 0.15) is 0 Å². The lowest BCUT2D eigenvalue weighted by atomic mass is 10.3. The number of hydrogen-bond acceptors (Lipinski definition) is 3. The molecule has 1 aromatic rings. The number of rotatable bonds is 1. The fourth-order valence-electron chi connectivity index (χ4n) is 2.58. The van der Waals surface area contributed by atoms with E-state index in [0.29, 0.717) is 5.69 Å². The Balaban J connectivity index is 1.82. The number of aromatic nitrogens is 2.